The summed E-state index contributed by atoms with van der Waals surface area (Å²) in [7, 11) is 0. The number of carbonyl (C=O) groups is 1. The summed E-state index contributed by atoms with van der Waals surface area (Å²) in [5.74, 6) is 0.668. The van der Waals surface area contributed by atoms with Crippen LogP contribution >= 0.6 is 15.9 Å². The predicted octanol–water partition coefficient (Wildman–Crippen LogP) is 7.81. The van der Waals surface area contributed by atoms with E-state index < -0.39 is 5.54 Å². The number of nitrogens with zero attached hydrogens (tertiary/aromatic N) is 1. The molecule has 0 saturated carbocycles. The van der Waals surface area contributed by atoms with E-state index >= 15 is 0 Å². The fraction of sp³-hybridized carbons (Fsp3) is 0.258. The zero-order chi connectivity index (χ0) is 24.8. The summed E-state index contributed by atoms with van der Waals surface area (Å²) in [6.07, 6.45) is 0.805. The topological polar surface area (TPSA) is 29.5 Å². The standard InChI is InChI=1S/C31H30BrNO2/c1-21-9-16-28-27(17-21)31(4,24-11-13-25(32)14-12-24)20-30(2,3)33(28)29(34)19-35-26-15-10-22-7-5-6-8-23(22)18-26/h5-18H,19-20H2,1-4H3/t31-/m0/s1. The summed E-state index contributed by atoms with van der Waals surface area (Å²) >= 11 is 3.56. The lowest BCUT2D eigenvalue weighted by atomic mass is 9.65. The quantitative estimate of drug-likeness (QED) is 0.270. The van der Waals surface area contributed by atoms with Crippen LogP contribution in [0.4, 0.5) is 5.69 Å². The van der Waals surface area contributed by atoms with Crippen LogP contribution in [0.1, 0.15) is 43.9 Å². The van der Waals surface area contributed by atoms with E-state index in [0.717, 1.165) is 27.4 Å². The maximum Gasteiger partial charge on any atom is 0.265 e. The van der Waals surface area contributed by atoms with E-state index in [1.54, 1.807) is 0 Å². The van der Waals surface area contributed by atoms with Crippen molar-refractivity contribution in [1.82, 2.24) is 0 Å². The van der Waals surface area contributed by atoms with E-state index in [1.807, 2.05) is 35.2 Å². The van der Waals surface area contributed by atoms with Crippen molar-refractivity contribution in [1.29, 1.82) is 0 Å². The molecule has 0 fully saturated rings. The van der Waals surface area contributed by atoms with Crippen molar-refractivity contribution < 1.29 is 9.53 Å². The highest BCUT2D eigenvalue weighted by Gasteiger charge is 2.47. The molecule has 0 aliphatic carbocycles. The number of hydrogen-bond donors (Lipinski definition) is 0. The van der Waals surface area contributed by atoms with E-state index in [4.69, 9.17) is 4.74 Å². The predicted molar refractivity (Wildman–Crippen MR) is 147 cm³/mol. The second kappa shape index (κ2) is 8.83. The Kier molecular flexibility index (Phi) is 5.96. The Labute approximate surface area is 215 Å². The Morgan fingerprint density at radius 2 is 1.63 bits per heavy atom. The molecule has 0 bridgehead atoms. The van der Waals surface area contributed by atoms with Crippen LogP contribution in [-0.4, -0.2) is 18.1 Å². The fourth-order valence-electron chi connectivity index (χ4n) is 5.67. The average Bonchev–Trinajstić information content (AvgIpc) is 2.83. The van der Waals surface area contributed by atoms with E-state index in [-0.39, 0.29) is 17.9 Å². The van der Waals surface area contributed by atoms with Crippen molar-refractivity contribution in [2.75, 3.05) is 11.5 Å². The summed E-state index contributed by atoms with van der Waals surface area (Å²) in [4.78, 5) is 15.6. The molecular weight excluding hydrogens is 498 g/mol. The van der Waals surface area contributed by atoms with Gasteiger partial charge in [-0.05, 0) is 79.4 Å². The molecule has 5 rings (SSSR count). The van der Waals surface area contributed by atoms with Gasteiger partial charge in [-0.25, -0.2) is 0 Å². The molecular formula is C31H30BrNO2. The van der Waals surface area contributed by atoms with Crippen molar-refractivity contribution in [3.8, 4) is 5.75 Å². The molecule has 0 spiro atoms. The Hall–Kier alpha value is -3.11. The highest BCUT2D eigenvalue weighted by molar-refractivity contribution is 9.10. The largest absolute Gasteiger partial charge is 0.484 e. The van der Waals surface area contributed by atoms with Gasteiger partial charge >= 0.3 is 0 Å². The molecule has 0 unspecified atom stereocenters. The summed E-state index contributed by atoms with van der Waals surface area (Å²) in [6, 6.07) is 29.1. The van der Waals surface area contributed by atoms with Gasteiger partial charge in [0.05, 0.1) is 0 Å². The van der Waals surface area contributed by atoms with Crippen molar-refractivity contribution in [3.05, 3.63) is 106 Å². The molecule has 4 heteroatoms. The summed E-state index contributed by atoms with van der Waals surface area (Å²) < 4.78 is 7.08. The van der Waals surface area contributed by atoms with Crippen LogP contribution in [0.2, 0.25) is 0 Å². The van der Waals surface area contributed by atoms with Crippen molar-refractivity contribution in [3.63, 3.8) is 0 Å². The lowest BCUT2D eigenvalue weighted by molar-refractivity contribution is -0.121. The summed E-state index contributed by atoms with van der Waals surface area (Å²) in [5.41, 5.74) is 3.96. The Morgan fingerprint density at radius 1 is 0.914 bits per heavy atom. The van der Waals surface area contributed by atoms with E-state index in [9.17, 15) is 4.79 Å². The molecule has 1 amide bonds. The number of carbonyl (C=O) groups excluding carboxylic acids is 1. The normalized spacial score (nSPS) is 18.8. The number of anilines is 1. The molecule has 178 valence electrons. The third-order valence-corrected chi connectivity index (χ3v) is 7.72. The van der Waals surface area contributed by atoms with Gasteiger partial charge in [-0.1, -0.05) is 83.0 Å². The molecule has 0 saturated heterocycles. The Bertz CT molecular complexity index is 1410. The number of benzene rings is 4. The maximum atomic E-state index is 13.7. The molecule has 35 heavy (non-hydrogen) atoms. The number of aryl methyl sites for hydroxylation is 1. The average molecular weight is 528 g/mol. The highest BCUT2D eigenvalue weighted by atomic mass is 79.9. The minimum Gasteiger partial charge on any atom is -0.484 e. The molecule has 3 nitrogen and oxygen atoms in total. The van der Waals surface area contributed by atoms with Gasteiger partial charge in [-0.3, -0.25) is 4.79 Å². The number of ether oxygens (including phenoxy) is 1. The van der Waals surface area contributed by atoms with E-state index in [0.29, 0.717) is 5.75 Å². The van der Waals surface area contributed by atoms with Crippen LogP contribution in [0.15, 0.2) is 89.4 Å². The van der Waals surface area contributed by atoms with Crippen LogP contribution in [-0.2, 0) is 10.2 Å². The van der Waals surface area contributed by atoms with Crippen LogP contribution in [0.5, 0.6) is 5.75 Å². The summed E-state index contributed by atoms with van der Waals surface area (Å²) in [6.45, 7) is 8.70. The van der Waals surface area contributed by atoms with Crippen molar-refractivity contribution in [2.45, 2.75) is 45.1 Å². The third-order valence-electron chi connectivity index (χ3n) is 7.19. The first-order valence-electron chi connectivity index (χ1n) is 12.0. The fourth-order valence-corrected chi connectivity index (χ4v) is 5.93. The highest BCUT2D eigenvalue weighted by Crippen LogP contribution is 2.50. The molecule has 0 N–H and O–H groups in total. The van der Waals surface area contributed by atoms with Gasteiger partial charge in [0.1, 0.15) is 5.75 Å². The monoisotopic (exact) mass is 527 g/mol. The SMILES string of the molecule is Cc1ccc2c(c1)[C@](C)(c1ccc(Br)cc1)CC(C)(C)N2C(=O)COc1ccc2ccccc2c1. The van der Waals surface area contributed by atoms with Crippen LogP contribution in [0.25, 0.3) is 10.8 Å². The molecule has 0 aromatic heterocycles. The number of rotatable bonds is 4. The first-order chi connectivity index (χ1) is 16.7. The van der Waals surface area contributed by atoms with Gasteiger partial charge in [-0.2, -0.15) is 0 Å². The second-order valence-corrected chi connectivity index (χ2v) is 11.3. The number of fused-ring (bicyclic) bond motifs is 2. The molecule has 4 aromatic rings. The van der Waals surface area contributed by atoms with E-state index in [1.165, 1.54) is 16.7 Å². The maximum absolute atomic E-state index is 13.7. The minimum atomic E-state index is -0.395. The number of amides is 1. The number of halogens is 1. The molecule has 0 radical (unpaired) electrons. The molecule has 1 aliphatic rings. The third kappa shape index (κ3) is 4.36. The Morgan fingerprint density at radius 3 is 2.37 bits per heavy atom. The van der Waals surface area contributed by atoms with Gasteiger partial charge in [0.25, 0.3) is 5.91 Å². The summed E-state index contributed by atoms with van der Waals surface area (Å²) in [5, 5.41) is 2.25. The second-order valence-electron chi connectivity index (χ2n) is 10.4. The zero-order valence-electron chi connectivity index (χ0n) is 20.6. The molecule has 1 heterocycles. The van der Waals surface area contributed by atoms with Gasteiger partial charge in [0, 0.05) is 21.1 Å². The van der Waals surface area contributed by atoms with Gasteiger partial charge < -0.3 is 9.64 Å². The molecule has 1 atom stereocenters. The molecule has 1 aliphatic heterocycles. The first-order valence-corrected chi connectivity index (χ1v) is 12.8. The van der Waals surface area contributed by atoms with E-state index in [2.05, 4.69) is 98.2 Å². The smallest absolute Gasteiger partial charge is 0.265 e. The molecule has 4 aromatic carbocycles. The van der Waals surface area contributed by atoms with Crippen molar-refractivity contribution >= 4 is 38.3 Å². The Balaban J connectivity index is 1.49. The van der Waals surface area contributed by atoms with Gasteiger partial charge in [0.15, 0.2) is 6.61 Å². The van der Waals surface area contributed by atoms with Crippen LogP contribution in [0, 0.1) is 6.92 Å². The van der Waals surface area contributed by atoms with Gasteiger partial charge in [0.2, 0.25) is 0 Å². The number of hydrogen-bond acceptors (Lipinski definition) is 2. The minimum absolute atomic E-state index is 0.00984. The van der Waals surface area contributed by atoms with Crippen LogP contribution in [0.3, 0.4) is 0 Å². The lowest BCUT2D eigenvalue weighted by Crippen LogP contribution is -2.57. The van der Waals surface area contributed by atoms with Crippen LogP contribution < -0.4 is 9.64 Å². The lowest BCUT2D eigenvalue weighted by Gasteiger charge is -2.51. The zero-order valence-corrected chi connectivity index (χ0v) is 22.2. The van der Waals surface area contributed by atoms with Crippen molar-refractivity contribution in [2.24, 2.45) is 0 Å². The first kappa shape index (κ1) is 23.6. The van der Waals surface area contributed by atoms with Gasteiger partial charge in [-0.15, -0.1) is 0 Å².